The number of amides is 1. The molecule has 2 aliphatic rings. The molecule has 1 saturated heterocycles. The Bertz CT molecular complexity index is 728. The summed E-state index contributed by atoms with van der Waals surface area (Å²) in [6.45, 7) is 0.509. The van der Waals surface area contributed by atoms with E-state index in [9.17, 15) is 18.3 Å². The zero-order chi connectivity index (χ0) is 16.1. The molecule has 0 bridgehead atoms. The van der Waals surface area contributed by atoms with Gasteiger partial charge in [-0.05, 0) is 31.0 Å². The van der Waals surface area contributed by atoms with Crippen LogP contribution in [0.4, 0.5) is 5.69 Å². The number of sulfonamides is 1. The maximum Gasteiger partial charge on any atom is 0.265 e. The number of halogens is 2. The molecule has 1 aromatic rings. The van der Waals surface area contributed by atoms with Gasteiger partial charge in [-0.15, -0.1) is 0 Å². The van der Waals surface area contributed by atoms with Crippen molar-refractivity contribution in [3.8, 4) is 0 Å². The SMILES string of the molecule is O=C1Nc2ccc(S(=O)(=O)N3CCC(O)CC3)cc2C1(Cl)Cl. The van der Waals surface area contributed by atoms with E-state index in [1.807, 2.05) is 0 Å². The molecule has 0 aliphatic carbocycles. The third kappa shape index (κ3) is 2.51. The minimum Gasteiger partial charge on any atom is -0.393 e. The molecule has 2 N–H and O–H groups in total. The molecule has 2 heterocycles. The van der Waals surface area contributed by atoms with Crippen LogP contribution in [0.3, 0.4) is 0 Å². The average Bonchev–Trinajstić information content (AvgIpc) is 2.69. The Labute approximate surface area is 138 Å². The van der Waals surface area contributed by atoms with Gasteiger partial charge < -0.3 is 10.4 Å². The van der Waals surface area contributed by atoms with E-state index in [1.54, 1.807) is 0 Å². The quantitative estimate of drug-likeness (QED) is 0.776. The van der Waals surface area contributed by atoms with Gasteiger partial charge in [-0.25, -0.2) is 8.42 Å². The third-order valence-corrected chi connectivity index (χ3v) is 6.57. The van der Waals surface area contributed by atoms with E-state index >= 15 is 0 Å². The predicted octanol–water partition coefficient (Wildman–Crippen LogP) is 1.41. The molecule has 0 unspecified atom stereocenters. The first-order valence-corrected chi connectivity index (χ1v) is 8.94. The van der Waals surface area contributed by atoms with Gasteiger partial charge in [-0.1, -0.05) is 23.2 Å². The Morgan fingerprint density at radius 3 is 2.55 bits per heavy atom. The standard InChI is InChI=1S/C13H14Cl2N2O4S/c14-13(15)10-7-9(1-2-11(10)16-12(13)19)22(20,21)17-5-3-8(18)4-6-17/h1-2,7-8,18H,3-6H2,(H,16,19). The van der Waals surface area contributed by atoms with Gasteiger partial charge in [0.2, 0.25) is 14.4 Å². The molecule has 0 spiro atoms. The summed E-state index contributed by atoms with van der Waals surface area (Å²) in [4.78, 5) is 11.7. The molecule has 120 valence electrons. The number of carbonyl (C=O) groups excluding carboxylic acids is 1. The summed E-state index contributed by atoms with van der Waals surface area (Å²) in [5.41, 5.74) is 0.641. The lowest BCUT2D eigenvalue weighted by atomic mass is 10.1. The molecule has 1 fully saturated rings. The van der Waals surface area contributed by atoms with Crippen molar-refractivity contribution in [2.24, 2.45) is 0 Å². The van der Waals surface area contributed by atoms with Crippen LogP contribution < -0.4 is 5.32 Å². The summed E-state index contributed by atoms with van der Waals surface area (Å²) in [7, 11) is -3.71. The third-order valence-electron chi connectivity index (χ3n) is 3.92. The molecule has 1 amide bonds. The van der Waals surface area contributed by atoms with Crippen molar-refractivity contribution in [3.63, 3.8) is 0 Å². The monoisotopic (exact) mass is 364 g/mol. The number of carbonyl (C=O) groups is 1. The number of anilines is 1. The fourth-order valence-electron chi connectivity index (χ4n) is 2.61. The van der Waals surface area contributed by atoms with Crippen molar-refractivity contribution in [1.29, 1.82) is 0 Å². The zero-order valence-electron chi connectivity index (χ0n) is 11.4. The Morgan fingerprint density at radius 1 is 1.27 bits per heavy atom. The minimum absolute atomic E-state index is 0.0322. The lowest BCUT2D eigenvalue weighted by Crippen LogP contribution is -2.40. The van der Waals surface area contributed by atoms with Crippen LogP contribution in [0.2, 0.25) is 0 Å². The van der Waals surface area contributed by atoms with Gasteiger partial charge in [0.1, 0.15) is 0 Å². The maximum absolute atomic E-state index is 12.6. The largest absolute Gasteiger partial charge is 0.393 e. The first-order valence-electron chi connectivity index (χ1n) is 6.75. The molecule has 0 aromatic heterocycles. The van der Waals surface area contributed by atoms with Crippen LogP contribution in [0.15, 0.2) is 23.1 Å². The van der Waals surface area contributed by atoms with Crippen LogP contribution in [0.5, 0.6) is 0 Å². The molecule has 0 saturated carbocycles. The maximum atomic E-state index is 12.6. The number of hydrogen-bond donors (Lipinski definition) is 2. The summed E-state index contributed by atoms with van der Waals surface area (Å²) in [6, 6.07) is 4.22. The number of hydrogen-bond acceptors (Lipinski definition) is 4. The van der Waals surface area contributed by atoms with Crippen LogP contribution in [0.25, 0.3) is 0 Å². The summed E-state index contributed by atoms with van der Waals surface area (Å²) in [6.07, 6.45) is 0.338. The summed E-state index contributed by atoms with van der Waals surface area (Å²) in [5.74, 6) is -0.596. The number of nitrogens with one attached hydrogen (secondary N) is 1. The average molecular weight is 365 g/mol. The van der Waals surface area contributed by atoms with Crippen LogP contribution in [0, 0.1) is 0 Å². The Kier molecular flexibility index (Phi) is 3.89. The van der Waals surface area contributed by atoms with Gasteiger partial charge in [-0.3, -0.25) is 4.79 Å². The molecular weight excluding hydrogens is 351 g/mol. The second kappa shape index (κ2) is 5.35. The highest BCUT2D eigenvalue weighted by Crippen LogP contribution is 2.45. The highest BCUT2D eigenvalue weighted by atomic mass is 35.5. The van der Waals surface area contributed by atoms with Gasteiger partial charge in [0.05, 0.1) is 11.0 Å². The van der Waals surface area contributed by atoms with E-state index in [4.69, 9.17) is 23.2 Å². The van der Waals surface area contributed by atoms with E-state index in [-0.39, 0.29) is 23.5 Å². The normalized spacial score (nSPS) is 22.4. The van der Waals surface area contributed by atoms with E-state index in [0.717, 1.165) is 0 Å². The molecule has 9 heteroatoms. The lowest BCUT2D eigenvalue weighted by Gasteiger charge is -2.29. The minimum atomic E-state index is -3.71. The van der Waals surface area contributed by atoms with Crippen LogP contribution in [0.1, 0.15) is 18.4 Å². The molecule has 0 atom stereocenters. The Balaban J connectivity index is 1.97. The van der Waals surface area contributed by atoms with Gasteiger partial charge in [0.15, 0.2) is 0 Å². The molecule has 3 rings (SSSR count). The number of benzene rings is 1. The number of rotatable bonds is 2. The van der Waals surface area contributed by atoms with Crippen molar-refractivity contribution in [3.05, 3.63) is 23.8 Å². The number of aliphatic hydroxyl groups excluding tert-OH is 1. The highest BCUT2D eigenvalue weighted by Gasteiger charge is 2.44. The smallest absolute Gasteiger partial charge is 0.265 e. The van der Waals surface area contributed by atoms with Crippen LogP contribution in [-0.4, -0.2) is 42.9 Å². The van der Waals surface area contributed by atoms with Gasteiger partial charge >= 0.3 is 0 Å². The van der Waals surface area contributed by atoms with E-state index in [2.05, 4.69) is 5.32 Å². The lowest BCUT2D eigenvalue weighted by molar-refractivity contribution is -0.116. The number of nitrogens with zero attached hydrogens (tertiary/aromatic N) is 1. The summed E-state index contributed by atoms with van der Waals surface area (Å²) >= 11 is 12.0. The Hall–Kier alpha value is -0.860. The first-order chi connectivity index (χ1) is 10.2. The second-order valence-corrected chi connectivity index (χ2v) is 8.64. The second-order valence-electron chi connectivity index (χ2n) is 5.37. The molecular formula is C13H14Cl2N2O4S. The highest BCUT2D eigenvalue weighted by molar-refractivity contribution is 7.89. The van der Waals surface area contributed by atoms with Crippen LogP contribution in [-0.2, 0) is 19.2 Å². The first kappa shape index (κ1) is 16.0. The van der Waals surface area contributed by atoms with E-state index < -0.39 is 26.4 Å². The Morgan fingerprint density at radius 2 is 1.91 bits per heavy atom. The summed E-state index contributed by atoms with van der Waals surface area (Å²) in [5, 5.41) is 12.0. The fraction of sp³-hybridized carbons (Fsp3) is 0.462. The summed E-state index contributed by atoms with van der Waals surface area (Å²) < 4.78 is 24.8. The topological polar surface area (TPSA) is 86.7 Å². The molecule has 2 aliphatic heterocycles. The van der Waals surface area contributed by atoms with Crippen LogP contribution >= 0.6 is 23.2 Å². The molecule has 1 aromatic carbocycles. The number of aliphatic hydroxyl groups is 1. The fourth-order valence-corrected chi connectivity index (χ4v) is 4.51. The molecule has 22 heavy (non-hydrogen) atoms. The van der Waals surface area contributed by atoms with E-state index in [0.29, 0.717) is 18.5 Å². The zero-order valence-corrected chi connectivity index (χ0v) is 13.7. The molecule has 0 radical (unpaired) electrons. The van der Waals surface area contributed by atoms with Crippen molar-refractivity contribution >= 4 is 44.8 Å². The number of alkyl halides is 2. The van der Waals surface area contributed by atoms with Crippen molar-refractivity contribution < 1.29 is 18.3 Å². The van der Waals surface area contributed by atoms with Gasteiger partial charge in [-0.2, -0.15) is 4.31 Å². The van der Waals surface area contributed by atoms with Crippen molar-refractivity contribution in [2.45, 2.75) is 28.2 Å². The number of piperidine rings is 1. The predicted molar refractivity (Wildman–Crippen MR) is 82.5 cm³/mol. The molecule has 6 nitrogen and oxygen atoms in total. The van der Waals surface area contributed by atoms with Gasteiger partial charge in [0.25, 0.3) is 5.91 Å². The number of fused-ring (bicyclic) bond motifs is 1. The van der Waals surface area contributed by atoms with Crippen molar-refractivity contribution in [2.75, 3.05) is 18.4 Å². The van der Waals surface area contributed by atoms with Crippen molar-refractivity contribution in [1.82, 2.24) is 4.31 Å². The van der Waals surface area contributed by atoms with Gasteiger partial charge in [0, 0.05) is 24.3 Å². The van der Waals surface area contributed by atoms with E-state index in [1.165, 1.54) is 22.5 Å².